The van der Waals surface area contributed by atoms with Gasteiger partial charge in [0.05, 0.1) is 6.61 Å². The second kappa shape index (κ2) is 9.47. The van der Waals surface area contributed by atoms with Crippen molar-refractivity contribution in [2.45, 2.75) is 13.0 Å². The minimum atomic E-state index is -0.00550. The molecular formula is C15H24N2O3. The molecule has 0 aromatic heterocycles. The molecule has 0 atom stereocenters. The highest BCUT2D eigenvalue weighted by atomic mass is 16.5. The summed E-state index contributed by atoms with van der Waals surface area (Å²) in [6.45, 7) is 2.94. The normalized spacial score (nSPS) is 10.6. The predicted octanol–water partition coefficient (Wildman–Crippen LogP) is 1.27. The first-order valence-corrected chi connectivity index (χ1v) is 6.80. The van der Waals surface area contributed by atoms with Crippen LogP contribution in [0.2, 0.25) is 0 Å². The molecule has 5 nitrogen and oxygen atoms in total. The van der Waals surface area contributed by atoms with Gasteiger partial charge in [-0.1, -0.05) is 12.1 Å². The van der Waals surface area contributed by atoms with Gasteiger partial charge in [-0.05, 0) is 24.1 Å². The molecule has 1 aromatic carbocycles. The highest BCUT2D eigenvalue weighted by Gasteiger charge is 2.10. The standard InChI is InChI=1S/C15H24N2O3/c1-17(8-11-20-10-3-9-19-2)15(18)14-6-4-13(12-16)5-7-14/h4-7H,3,8-12,16H2,1-2H3. The third-order valence-corrected chi connectivity index (χ3v) is 2.99. The number of ether oxygens (including phenoxy) is 2. The van der Waals surface area contributed by atoms with E-state index in [1.807, 2.05) is 12.1 Å². The van der Waals surface area contributed by atoms with Crippen LogP contribution in [-0.4, -0.2) is 51.3 Å². The van der Waals surface area contributed by atoms with Crippen molar-refractivity contribution in [1.82, 2.24) is 4.90 Å². The Morgan fingerprint density at radius 2 is 1.90 bits per heavy atom. The first-order valence-electron chi connectivity index (χ1n) is 6.80. The summed E-state index contributed by atoms with van der Waals surface area (Å²) in [6.07, 6.45) is 0.870. The van der Waals surface area contributed by atoms with E-state index in [9.17, 15) is 4.79 Å². The monoisotopic (exact) mass is 280 g/mol. The van der Waals surface area contributed by atoms with E-state index in [0.717, 1.165) is 12.0 Å². The first kappa shape index (κ1) is 16.6. The van der Waals surface area contributed by atoms with Crippen LogP contribution in [0.25, 0.3) is 0 Å². The van der Waals surface area contributed by atoms with Gasteiger partial charge in [-0.25, -0.2) is 0 Å². The lowest BCUT2D eigenvalue weighted by Gasteiger charge is -2.17. The molecule has 0 saturated heterocycles. The summed E-state index contributed by atoms with van der Waals surface area (Å²) < 4.78 is 10.4. The Hall–Kier alpha value is -1.43. The Morgan fingerprint density at radius 1 is 1.20 bits per heavy atom. The summed E-state index contributed by atoms with van der Waals surface area (Å²) in [7, 11) is 3.44. The lowest BCUT2D eigenvalue weighted by Crippen LogP contribution is -2.30. The van der Waals surface area contributed by atoms with Gasteiger partial charge in [-0.3, -0.25) is 4.79 Å². The fraction of sp³-hybridized carbons (Fsp3) is 0.533. The van der Waals surface area contributed by atoms with E-state index in [0.29, 0.717) is 38.5 Å². The Morgan fingerprint density at radius 3 is 2.50 bits per heavy atom. The number of nitrogens with two attached hydrogens (primary N) is 1. The molecule has 0 aliphatic heterocycles. The van der Waals surface area contributed by atoms with Gasteiger partial charge in [0.15, 0.2) is 0 Å². The number of rotatable bonds is 9. The predicted molar refractivity (Wildman–Crippen MR) is 78.6 cm³/mol. The van der Waals surface area contributed by atoms with E-state index in [2.05, 4.69) is 0 Å². The number of amides is 1. The highest BCUT2D eigenvalue weighted by molar-refractivity contribution is 5.94. The average molecular weight is 280 g/mol. The molecule has 0 fully saturated rings. The Labute approximate surface area is 120 Å². The molecule has 5 heteroatoms. The minimum absolute atomic E-state index is 0.00550. The Kier molecular flexibility index (Phi) is 7.87. The van der Waals surface area contributed by atoms with Crippen molar-refractivity contribution in [3.63, 3.8) is 0 Å². The van der Waals surface area contributed by atoms with Gasteiger partial charge in [0.1, 0.15) is 0 Å². The molecule has 0 bridgehead atoms. The highest BCUT2D eigenvalue weighted by Crippen LogP contribution is 2.06. The van der Waals surface area contributed by atoms with Crippen LogP contribution in [-0.2, 0) is 16.0 Å². The number of carbonyl (C=O) groups is 1. The maximum absolute atomic E-state index is 12.1. The van der Waals surface area contributed by atoms with Gasteiger partial charge in [0, 0.05) is 46.0 Å². The second-order valence-electron chi connectivity index (χ2n) is 4.59. The van der Waals surface area contributed by atoms with Crippen molar-refractivity contribution in [2.24, 2.45) is 5.73 Å². The number of benzene rings is 1. The van der Waals surface area contributed by atoms with Crippen molar-refractivity contribution < 1.29 is 14.3 Å². The van der Waals surface area contributed by atoms with E-state index >= 15 is 0 Å². The van der Waals surface area contributed by atoms with E-state index < -0.39 is 0 Å². The number of nitrogens with zero attached hydrogens (tertiary/aromatic N) is 1. The largest absolute Gasteiger partial charge is 0.385 e. The van der Waals surface area contributed by atoms with Crippen LogP contribution in [0.15, 0.2) is 24.3 Å². The summed E-state index contributed by atoms with van der Waals surface area (Å²) in [6, 6.07) is 7.37. The fourth-order valence-electron chi connectivity index (χ4n) is 1.71. The van der Waals surface area contributed by atoms with Crippen molar-refractivity contribution in [3.05, 3.63) is 35.4 Å². The van der Waals surface area contributed by atoms with Crippen LogP contribution < -0.4 is 5.73 Å². The Balaban J connectivity index is 2.31. The Bertz CT molecular complexity index is 393. The maximum atomic E-state index is 12.1. The van der Waals surface area contributed by atoms with Crippen LogP contribution >= 0.6 is 0 Å². The van der Waals surface area contributed by atoms with Crippen LogP contribution in [0.3, 0.4) is 0 Å². The van der Waals surface area contributed by atoms with Crippen LogP contribution in [0, 0.1) is 0 Å². The zero-order valence-electron chi connectivity index (χ0n) is 12.3. The smallest absolute Gasteiger partial charge is 0.253 e. The van der Waals surface area contributed by atoms with Gasteiger partial charge in [0.25, 0.3) is 5.91 Å². The van der Waals surface area contributed by atoms with E-state index in [1.165, 1.54) is 0 Å². The molecule has 20 heavy (non-hydrogen) atoms. The first-order chi connectivity index (χ1) is 9.69. The van der Waals surface area contributed by atoms with Crippen molar-refractivity contribution in [3.8, 4) is 0 Å². The molecule has 0 aliphatic carbocycles. The summed E-state index contributed by atoms with van der Waals surface area (Å²) >= 11 is 0. The molecule has 1 amide bonds. The molecule has 112 valence electrons. The number of likely N-dealkylation sites (N-methyl/N-ethyl adjacent to an activating group) is 1. The molecule has 1 rings (SSSR count). The minimum Gasteiger partial charge on any atom is -0.385 e. The average Bonchev–Trinajstić information content (AvgIpc) is 2.50. The zero-order chi connectivity index (χ0) is 14.8. The van der Waals surface area contributed by atoms with E-state index in [1.54, 1.807) is 31.2 Å². The lowest BCUT2D eigenvalue weighted by molar-refractivity contribution is 0.0656. The molecular weight excluding hydrogens is 256 g/mol. The quantitative estimate of drug-likeness (QED) is 0.692. The number of carbonyl (C=O) groups excluding carboxylic acids is 1. The number of hydrogen-bond acceptors (Lipinski definition) is 4. The van der Waals surface area contributed by atoms with Crippen LogP contribution in [0.1, 0.15) is 22.3 Å². The molecule has 0 radical (unpaired) electrons. The summed E-state index contributed by atoms with van der Waals surface area (Å²) in [4.78, 5) is 13.8. The topological polar surface area (TPSA) is 64.8 Å². The van der Waals surface area contributed by atoms with Gasteiger partial charge >= 0.3 is 0 Å². The van der Waals surface area contributed by atoms with Gasteiger partial charge in [-0.15, -0.1) is 0 Å². The number of hydrogen-bond donors (Lipinski definition) is 1. The van der Waals surface area contributed by atoms with Crippen molar-refractivity contribution >= 4 is 5.91 Å². The van der Waals surface area contributed by atoms with E-state index in [-0.39, 0.29) is 5.91 Å². The SMILES string of the molecule is COCCCOCCN(C)C(=O)c1ccc(CN)cc1. The summed E-state index contributed by atoms with van der Waals surface area (Å²) in [5, 5.41) is 0. The molecule has 0 aliphatic rings. The molecule has 0 spiro atoms. The maximum Gasteiger partial charge on any atom is 0.253 e. The molecule has 0 heterocycles. The van der Waals surface area contributed by atoms with Gasteiger partial charge < -0.3 is 20.1 Å². The van der Waals surface area contributed by atoms with Crippen molar-refractivity contribution in [2.75, 3.05) is 40.5 Å². The van der Waals surface area contributed by atoms with Gasteiger partial charge in [0.2, 0.25) is 0 Å². The zero-order valence-corrected chi connectivity index (χ0v) is 12.3. The molecule has 0 unspecified atom stereocenters. The van der Waals surface area contributed by atoms with Crippen molar-refractivity contribution in [1.29, 1.82) is 0 Å². The lowest BCUT2D eigenvalue weighted by atomic mass is 10.1. The fourth-order valence-corrected chi connectivity index (χ4v) is 1.71. The second-order valence-corrected chi connectivity index (χ2v) is 4.59. The molecule has 1 aromatic rings. The van der Waals surface area contributed by atoms with E-state index in [4.69, 9.17) is 15.2 Å². The summed E-state index contributed by atoms with van der Waals surface area (Å²) in [5.74, 6) is -0.00550. The third kappa shape index (κ3) is 5.69. The van der Waals surface area contributed by atoms with Gasteiger partial charge in [-0.2, -0.15) is 0 Å². The van der Waals surface area contributed by atoms with Crippen LogP contribution in [0.4, 0.5) is 0 Å². The number of methoxy groups -OCH3 is 1. The molecule has 2 N–H and O–H groups in total. The third-order valence-electron chi connectivity index (χ3n) is 2.99. The van der Waals surface area contributed by atoms with Crippen LogP contribution in [0.5, 0.6) is 0 Å². The molecule has 0 saturated carbocycles. The summed E-state index contributed by atoms with van der Waals surface area (Å²) in [5.41, 5.74) is 7.22.